The molecule has 9 heteroatoms. The number of pyridine rings is 1. The van der Waals surface area contributed by atoms with E-state index in [1.54, 1.807) is 4.90 Å². The Hall–Kier alpha value is -1.42. The van der Waals surface area contributed by atoms with Crippen molar-refractivity contribution in [2.24, 2.45) is 5.92 Å². The standard InChI is InChI=1S/C17H24F3N3O3/c18-17(19,20)12-4-1-5-21-16(12)23-6-2-3-11(8-23)7-22-9-13(24)15(26)14(25)10-22/h1,4-5,11,13-15,24-26H,2-3,6-10H2/t11-,13?,14?,15?/m0/s1. The molecule has 3 heterocycles. The van der Waals surface area contributed by atoms with Gasteiger partial charge in [0.2, 0.25) is 0 Å². The lowest BCUT2D eigenvalue weighted by atomic mass is 9.94. The third-order valence-corrected chi connectivity index (χ3v) is 5.11. The van der Waals surface area contributed by atoms with Gasteiger partial charge < -0.3 is 20.2 Å². The molecule has 146 valence electrons. The summed E-state index contributed by atoms with van der Waals surface area (Å²) in [7, 11) is 0. The monoisotopic (exact) mass is 375 g/mol. The number of piperidine rings is 2. The molecule has 0 aliphatic carbocycles. The van der Waals surface area contributed by atoms with E-state index >= 15 is 0 Å². The minimum absolute atomic E-state index is 0.0427. The van der Waals surface area contributed by atoms with E-state index in [2.05, 4.69) is 4.98 Å². The molecule has 0 radical (unpaired) electrons. The van der Waals surface area contributed by atoms with Crippen molar-refractivity contribution in [2.45, 2.75) is 37.3 Å². The maximum absolute atomic E-state index is 13.2. The van der Waals surface area contributed by atoms with Gasteiger partial charge in [0.1, 0.15) is 11.9 Å². The summed E-state index contributed by atoms with van der Waals surface area (Å²) in [6.07, 6.45) is -4.68. The number of aromatic nitrogens is 1. The van der Waals surface area contributed by atoms with Crippen LogP contribution in [0.1, 0.15) is 18.4 Å². The molecule has 0 bridgehead atoms. The predicted octanol–water partition coefficient (Wildman–Crippen LogP) is 0.715. The molecule has 2 saturated heterocycles. The van der Waals surface area contributed by atoms with Gasteiger partial charge in [-0.25, -0.2) is 4.98 Å². The first kappa shape index (κ1) is 19.3. The molecule has 26 heavy (non-hydrogen) atoms. The van der Waals surface area contributed by atoms with Crippen LogP contribution in [0.3, 0.4) is 0 Å². The summed E-state index contributed by atoms with van der Waals surface area (Å²) in [5.74, 6) is 0.0559. The number of β-amino-alcohol motifs (C(OH)–C–C–N with tert-alkyl or cyclic N) is 2. The quantitative estimate of drug-likeness (QED) is 0.722. The number of aliphatic hydroxyl groups excluding tert-OH is 3. The van der Waals surface area contributed by atoms with Gasteiger partial charge in [-0.15, -0.1) is 0 Å². The molecule has 2 unspecified atom stereocenters. The highest BCUT2D eigenvalue weighted by Crippen LogP contribution is 2.36. The Morgan fingerprint density at radius 2 is 1.81 bits per heavy atom. The number of rotatable bonds is 3. The van der Waals surface area contributed by atoms with Crippen molar-refractivity contribution in [2.75, 3.05) is 37.6 Å². The lowest BCUT2D eigenvalue weighted by Crippen LogP contribution is -2.56. The summed E-state index contributed by atoms with van der Waals surface area (Å²) in [4.78, 5) is 7.49. The molecule has 0 amide bonds. The first-order valence-corrected chi connectivity index (χ1v) is 8.79. The molecule has 1 aromatic heterocycles. The van der Waals surface area contributed by atoms with Crippen LogP contribution in [-0.2, 0) is 6.18 Å². The topological polar surface area (TPSA) is 80.1 Å². The van der Waals surface area contributed by atoms with Crippen LogP contribution in [0.4, 0.5) is 19.0 Å². The van der Waals surface area contributed by atoms with Gasteiger partial charge in [-0.3, -0.25) is 4.90 Å². The molecule has 2 fully saturated rings. The number of likely N-dealkylation sites (tertiary alicyclic amines) is 1. The highest BCUT2D eigenvalue weighted by atomic mass is 19.4. The van der Waals surface area contributed by atoms with Gasteiger partial charge in [0.15, 0.2) is 0 Å². The summed E-state index contributed by atoms with van der Waals surface area (Å²) in [5.41, 5.74) is -0.729. The van der Waals surface area contributed by atoms with E-state index in [1.165, 1.54) is 12.3 Å². The maximum Gasteiger partial charge on any atom is 0.419 e. The second-order valence-corrected chi connectivity index (χ2v) is 7.17. The van der Waals surface area contributed by atoms with Crippen LogP contribution in [0.5, 0.6) is 0 Å². The van der Waals surface area contributed by atoms with Gasteiger partial charge in [-0.1, -0.05) is 0 Å². The average molecular weight is 375 g/mol. The molecular weight excluding hydrogens is 351 g/mol. The zero-order chi connectivity index (χ0) is 18.9. The lowest BCUT2D eigenvalue weighted by Gasteiger charge is -2.41. The first-order chi connectivity index (χ1) is 12.3. The van der Waals surface area contributed by atoms with E-state index in [1.807, 2.05) is 4.90 Å². The molecule has 0 aromatic carbocycles. The van der Waals surface area contributed by atoms with E-state index in [-0.39, 0.29) is 24.8 Å². The van der Waals surface area contributed by atoms with Crippen molar-refractivity contribution in [3.05, 3.63) is 23.9 Å². The van der Waals surface area contributed by atoms with Crippen molar-refractivity contribution >= 4 is 5.82 Å². The Morgan fingerprint density at radius 1 is 1.12 bits per heavy atom. The van der Waals surface area contributed by atoms with Crippen LogP contribution in [0, 0.1) is 5.92 Å². The van der Waals surface area contributed by atoms with Crippen LogP contribution in [-0.4, -0.2) is 76.2 Å². The van der Waals surface area contributed by atoms with Crippen molar-refractivity contribution in [1.29, 1.82) is 0 Å². The SMILES string of the molecule is OC1CN(C[C@@H]2CCCN(c3ncccc3C(F)(F)F)C2)CC(O)C1O. The van der Waals surface area contributed by atoms with E-state index in [0.29, 0.717) is 19.6 Å². The van der Waals surface area contributed by atoms with Gasteiger partial charge in [-0.2, -0.15) is 13.2 Å². The van der Waals surface area contributed by atoms with E-state index < -0.39 is 30.1 Å². The molecule has 2 aliphatic rings. The van der Waals surface area contributed by atoms with Crippen LogP contribution in [0.15, 0.2) is 18.3 Å². The fourth-order valence-electron chi connectivity index (χ4n) is 3.87. The Bertz CT molecular complexity index is 604. The minimum Gasteiger partial charge on any atom is -0.389 e. The van der Waals surface area contributed by atoms with Gasteiger partial charge in [-0.05, 0) is 30.9 Å². The van der Waals surface area contributed by atoms with Gasteiger partial charge >= 0.3 is 6.18 Å². The first-order valence-electron chi connectivity index (χ1n) is 8.79. The Labute approximate surface area is 149 Å². The molecule has 3 N–H and O–H groups in total. The summed E-state index contributed by atoms with van der Waals surface area (Å²) < 4.78 is 39.7. The molecule has 0 saturated carbocycles. The van der Waals surface area contributed by atoms with Gasteiger partial charge in [0, 0.05) is 38.9 Å². The predicted molar refractivity (Wildman–Crippen MR) is 88.6 cm³/mol. The molecule has 2 aliphatic heterocycles. The lowest BCUT2D eigenvalue weighted by molar-refractivity contribution is -0.137. The fourth-order valence-corrected chi connectivity index (χ4v) is 3.87. The summed E-state index contributed by atoms with van der Waals surface area (Å²) >= 11 is 0. The molecule has 1 aromatic rings. The Balaban J connectivity index is 1.67. The number of alkyl halides is 3. The zero-order valence-electron chi connectivity index (χ0n) is 14.3. The smallest absolute Gasteiger partial charge is 0.389 e. The van der Waals surface area contributed by atoms with Crippen molar-refractivity contribution < 1.29 is 28.5 Å². The van der Waals surface area contributed by atoms with Crippen molar-refractivity contribution in [1.82, 2.24) is 9.88 Å². The number of hydrogen-bond donors (Lipinski definition) is 3. The molecule has 3 atom stereocenters. The summed E-state index contributed by atoms with van der Waals surface area (Å²) in [6.45, 7) is 1.98. The number of anilines is 1. The molecule has 3 rings (SSSR count). The van der Waals surface area contributed by atoms with Gasteiger partial charge in [0.25, 0.3) is 0 Å². The van der Waals surface area contributed by atoms with Crippen LogP contribution in [0.2, 0.25) is 0 Å². The number of hydrogen-bond acceptors (Lipinski definition) is 6. The van der Waals surface area contributed by atoms with E-state index in [9.17, 15) is 28.5 Å². The summed E-state index contributed by atoms with van der Waals surface area (Å²) in [5, 5.41) is 29.2. The maximum atomic E-state index is 13.2. The highest BCUT2D eigenvalue weighted by Gasteiger charge is 2.38. The number of nitrogens with zero attached hydrogens (tertiary/aromatic N) is 3. The van der Waals surface area contributed by atoms with Crippen LogP contribution < -0.4 is 4.90 Å². The van der Waals surface area contributed by atoms with Crippen LogP contribution in [0.25, 0.3) is 0 Å². The largest absolute Gasteiger partial charge is 0.419 e. The normalized spacial score (nSPS) is 31.2. The zero-order valence-corrected chi connectivity index (χ0v) is 14.3. The molecule has 0 spiro atoms. The van der Waals surface area contributed by atoms with E-state index in [4.69, 9.17) is 0 Å². The average Bonchev–Trinajstić information content (AvgIpc) is 2.59. The van der Waals surface area contributed by atoms with Crippen molar-refractivity contribution in [3.63, 3.8) is 0 Å². The third kappa shape index (κ3) is 4.28. The summed E-state index contributed by atoms with van der Waals surface area (Å²) in [6, 6.07) is 2.33. The Kier molecular flexibility index (Phi) is 5.71. The minimum atomic E-state index is -4.45. The highest BCUT2D eigenvalue weighted by molar-refractivity contribution is 5.48. The van der Waals surface area contributed by atoms with Gasteiger partial charge in [0.05, 0.1) is 17.8 Å². The van der Waals surface area contributed by atoms with Crippen LogP contribution >= 0.6 is 0 Å². The number of aliphatic hydroxyl groups is 3. The second-order valence-electron chi connectivity index (χ2n) is 7.17. The van der Waals surface area contributed by atoms with Crippen molar-refractivity contribution in [3.8, 4) is 0 Å². The van der Waals surface area contributed by atoms with E-state index in [0.717, 1.165) is 18.9 Å². The third-order valence-electron chi connectivity index (χ3n) is 5.11. The fraction of sp³-hybridized carbons (Fsp3) is 0.706. The Morgan fingerprint density at radius 3 is 2.46 bits per heavy atom. The second kappa shape index (κ2) is 7.67. The molecule has 6 nitrogen and oxygen atoms in total. The number of halogens is 3. The molecular formula is C17H24F3N3O3.